The maximum absolute atomic E-state index is 12.3. The lowest BCUT2D eigenvalue weighted by molar-refractivity contribution is -0.380. The van der Waals surface area contributed by atoms with Gasteiger partial charge in [-0.25, -0.2) is 0 Å². The Morgan fingerprint density at radius 2 is 1.14 bits per heavy atom. The summed E-state index contributed by atoms with van der Waals surface area (Å²) in [5, 5.41) is 159. The van der Waals surface area contributed by atoms with Gasteiger partial charge >= 0.3 is 0 Å². The first-order chi connectivity index (χ1) is 39.8. The molecule has 27 heteroatoms. The van der Waals surface area contributed by atoms with Crippen LogP contribution < -0.4 is 0 Å². The maximum atomic E-state index is 12.3. The quantitative estimate of drug-likeness (QED) is 0.0550. The van der Waals surface area contributed by atoms with Crippen LogP contribution in [0.15, 0.2) is 11.6 Å². The summed E-state index contributed by atoms with van der Waals surface area (Å²) < 4.78 is 72.8. The first kappa shape index (κ1) is 65.6. The maximum Gasteiger partial charge on any atom is 0.187 e. The van der Waals surface area contributed by atoms with Crippen LogP contribution in [0.4, 0.5) is 0 Å². The monoisotopic (exact) mass is 1210 g/mol. The normalized spacial score (nSPS) is 54.3. The van der Waals surface area contributed by atoms with E-state index in [0.29, 0.717) is 43.4 Å². The summed E-state index contributed by atoms with van der Waals surface area (Å²) in [6.07, 6.45) is -27.9. The van der Waals surface area contributed by atoms with Crippen LogP contribution in [-0.4, -0.2) is 282 Å². The molecule has 0 aromatic rings. The fraction of sp³-hybridized carbons (Fsp3) is 0.965. The van der Waals surface area contributed by atoms with Crippen LogP contribution in [0, 0.1) is 46.3 Å². The van der Waals surface area contributed by atoms with E-state index in [4.69, 9.17) is 56.8 Å². The average Bonchev–Trinajstić information content (AvgIpc) is 1.51. The molecule has 0 amide bonds. The van der Waals surface area contributed by atoms with E-state index >= 15 is 0 Å². The molecule has 0 spiro atoms. The molecule has 10 aliphatic rings. The lowest BCUT2D eigenvalue weighted by Gasteiger charge is -2.58. The highest BCUT2D eigenvalue weighted by Crippen LogP contribution is 2.70. The number of fused-ring (bicyclic) bond motifs is 7. The van der Waals surface area contributed by atoms with Crippen LogP contribution in [0.3, 0.4) is 0 Å². The van der Waals surface area contributed by atoms with Crippen molar-refractivity contribution >= 4 is 0 Å². The Morgan fingerprint density at radius 1 is 0.583 bits per heavy atom. The summed E-state index contributed by atoms with van der Waals surface area (Å²) in [7, 11) is 1.71. The SMILES string of the molecule is CO[C@]1(CC[C@H](C)CO[C@@H]2O[C@H](CO)[C@@H](O)[C@H](O)[C@H]2O)O[C@H]2C[C@H]3[C@@H]4CC=C5C[C@@H](O[C@@H]6O[C@H](CO)[C@@H](O[C@@H]7O[C@@H](CO[C@@H]8O[C@H](CO)[C@@H](O)[C@H](O)[C@H]8O)[C@H](O)[C@H]7O)[C@H](O)[C@H]6O[C@@H]6O[C@@H](C)[C@H](O)[C@@H](O)[C@H]6O)CC[C@]5(C)[C@H]4CC[C@]3(C)[C@H]2[C@@H]1C. The van der Waals surface area contributed by atoms with Crippen molar-refractivity contribution in [3.63, 3.8) is 0 Å². The van der Waals surface area contributed by atoms with Crippen molar-refractivity contribution in [1.82, 2.24) is 0 Å². The third-order valence-electron chi connectivity index (χ3n) is 21.6. The third kappa shape index (κ3) is 11.9. The standard InChI is InChI=1S/C57H94O27/c1-22(20-74-50-44(69)41(66)37(62)31(17-58)78-50)9-14-57(73-6)23(2)35-30(84-57)16-29-27-8-7-25-15-26(10-12-55(25,4)28(27)11-13-56(29,35)5)77-54-49(83-52-46(71)40(65)36(61)24(3)76-52)47(72)48(33(19-60)80-54)82-53-43(68)39(64)34(81-53)21-75-51-45(70)42(67)38(63)32(18-59)79-51/h7,22-24,26-54,58-72H,8-21H2,1-6H3/t22-,23-,24-,26-,27+,28-,29-,30-,31+,32+,33+,34-,35-,36-,37+,38+,39-,40+,41-,42-,43+,44+,45+,46+,47-,48+,49+,50+,51+,52-,53-,54+,55-,56-,57+/m0/s1. The Morgan fingerprint density at radius 3 is 1.79 bits per heavy atom. The Hall–Kier alpha value is -1.34. The van der Waals surface area contributed by atoms with Crippen molar-refractivity contribution in [1.29, 1.82) is 0 Å². The minimum Gasteiger partial charge on any atom is -0.394 e. The van der Waals surface area contributed by atoms with Gasteiger partial charge in [0.15, 0.2) is 37.2 Å². The highest BCUT2D eigenvalue weighted by Gasteiger charge is 2.69. The highest BCUT2D eigenvalue weighted by atomic mass is 16.8. The molecule has 6 saturated heterocycles. The molecule has 27 nitrogen and oxygen atoms in total. The van der Waals surface area contributed by atoms with E-state index in [2.05, 4.69) is 26.8 Å². The number of aliphatic hydroxyl groups excluding tert-OH is 15. The molecule has 0 unspecified atom stereocenters. The first-order valence-electron chi connectivity index (χ1n) is 30.2. The minimum absolute atomic E-state index is 0.00545. The second-order valence-corrected chi connectivity index (χ2v) is 26.4. The zero-order valence-electron chi connectivity index (χ0n) is 48.6. The van der Waals surface area contributed by atoms with Crippen LogP contribution in [-0.2, 0) is 56.8 Å². The predicted molar refractivity (Wildman–Crippen MR) is 282 cm³/mol. The van der Waals surface area contributed by atoms with Gasteiger partial charge in [-0.3, -0.25) is 0 Å². The smallest absolute Gasteiger partial charge is 0.187 e. The fourth-order valence-corrected chi connectivity index (χ4v) is 16.5. The molecule has 9 fully saturated rings. The number of methoxy groups -OCH3 is 1. The van der Waals surface area contributed by atoms with Crippen LogP contribution in [0.5, 0.6) is 0 Å². The highest BCUT2D eigenvalue weighted by molar-refractivity contribution is 5.26. The molecular weight excluding hydrogens is 1120 g/mol. The van der Waals surface area contributed by atoms with E-state index in [1.807, 2.05) is 6.92 Å². The van der Waals surface area contributed by atoms with Gasteiger partial charge in [0.25, 0.3) is 0 Å². The summed E-state index contributed by atoms with van der Waals surface area (Å²) in [6, 6.07) is 0. The molecular formula is C57H94O27. The molecule has 15 N–H and O–H groups in total. The van der Waals surface area contributed by atoms with E-state index in [9.17, 15) is 76.6 Å². The van der Waals surface area contributed by atoms with E-state index in [1.165, 1.54) is 12.5 Å². The van der Waals surface area contributed by atoms with Crippen LogP contribution in [0.25, 0.3) is 0 Å². The summed E-state index contributed by atoms with van der Waals surface area (Å²) in [5.74, 6) is 0.669. The Labute approximate surface area is 488 Å². The molecule has 6 aliphatic heterocycles. The molecule has 0 aromatic heterocycles. The predicted octanol–water partition coefficient (Wildman–Crippen LogP) is -3.89. The zero-order chi connectivity index (χ0) is 60.6. The summed E-state index contributed by atoms with van der Waals surface area (Å²) >= 11 is 0. The fourth-order valence-electron chi connectivity index (χ4n) is 16.5. The van der Waals surface area contributed by atoms with E-state index < -0.39 is 186 Å². The second-order valence-electron chi connectivity index (χ2n) is 26.4. The summed E-state index contributed by atoms with van der Waals surface area (Å²) in [6.45, 7) is 8.13. The summed E-state index contributed by atoms with van der Waals surface area (Å²) in [5.41, 5.74) is 1.07. The van der Waals surface area contributed by atoms with Gasteiger partial charge in [0.2, 0.25) is 0 Å². The van der Waals surface area contributed by atoms with Crippen molar-refractivity contribution in [2.75, 3.05) is 40.1 Å². The summed E-state index contributed by atoms with van der Waals surface area (Å²) in [4.78, 5) is 0. The largest absolute Gasteiger partial charge is 0.394 e. The van der Waals surface area contributed by atoms with Gasteiger partial charge < -0.3 is 133 Å². The zero-order valence-corrected chi connectivity index (χ0v) is 48.6. The van der Waals surface area contributed by atoms with Crippen LogP contribution in [0.1, 0.15) is 92.4 Å². The molecule has 4 aliphatic carbocycles. The number of ether oxygens (including phenoxy) is 12. The Bertz CT molecular complexity index is 2200. The molecule has 3 saturated carbocycles. The number of hydrogen-bond donors (Lipinski definition) is 15. The van der Waals surface area contributed by atoms with Crippen LogP contribution >= 0.6 is 0 Å². The van der Waals surface area contributed by atoms with Crippen molar-refractivity contribution < 1.29 is 133 Å². The number of allylic oxidation sites excluding steroid dienone is 1. The molecule has 0 bridgehead atoms. The molecule has 84 heavy (non-hydrogen) atoms. The molecule has 0 radical (unpaired) electrons. The lowest BCUT2D eigenvalue weighted by Crippen LogP contribution is -2.65. The van der Waals surface area contributed by atoms with E-state index in [1.54, 1.807) is 7.11 Å². The van der Waals surface area contributed by atoms with E-state index in [-0.39, 0.29) is 41.3 Å². The Kier molecular flexibility index (Phi) is 20.4. The van der Waals surface area contributed by atoms with Crippen molar-refractivity contribution in [2.45, 2.75) is 258 Å². The number of aliphatic hydroxyl groups is 15. The van der Waals surface area contributed by atoms with E-state index in [0.717, 1.165) is 32.1 Å². The molecule has 6 heterocycles. The molecule has 35 atom stereocenters. The number of hydrogen-bond acceptors (Lipinski definition) is 27. The number of rotatable bonds is 19. The topological polar surface area (TPSA) is 414 Å². The third-order valence-corrected chi connectivity index (χ3v) is 21.6. The Balaban J connectivity index is 0.785. The molecule has 10 rings (SSSR count). The van der Waals surface area contributed by atoms with Gasteiger partial charge in [-0.1, -0.05) is 39.3 Å². The van der Waals surface area contributed by atoms with Gasteiger partial charge in [-0.05, 0) is 98.7 Å². The van der Waals surface area contributed by atoms with Crippen molar-refractivity contribution in [3.05, 3.63) is 11.6 Å². The lowest BCUT2D eigenvalue weighted by atomic mass is 9.47. The van der Waals surface area contributed by atoms with Gasteiger partial charge in [-0.2, -0.15) is 0 Å². The van der Waals surface area contributed by atoms with Gasteiger partial charge in [0, 0.05) is 19.4 Å². The average molecular weight is 1210 g/mol. The first-order valence-corrected chi connectivity index (χ1v) is 30.2. The minimum atomic E-state index is -1.80. The van der Waals surface area contributed by atoms with Crippen LogP contribution in [0.2, 0.25) is 0 Å². The second kappa shape index (κ2) is 26.1. The van der Waals surface area contributed by atoms with Crippen molar-refractivity contribution in [3.8, 4) is 0 Å². The van der Waals surface area contributed by atoms with Gasteiger partial charge in [-0.15, -0.1) is 0 Å². The molecule has 0 aromatic carbocycles. The van der Waals surface area contributed by atoms with Gasteiger partial charge in [0.1, 0.15) is 110 Å². The van der Waals surface area contributed by atoms with Gasteiger partial charge in [0.05, 0.1) is 51.3 Å². The van der Waals surface area contributed by atoms with Crippen molar-refractivity contribution in [2.24, 2.45) is 46.3 Å². The molecule has 484 valence electrons.